The molecule has 2 aromatic heterocycles. The van der Waals surface area contributed by atoms with E-state index >= 15 is 4.39 Å². The number of anilines is 3. The summed E-state index contributed by atoms with van der Waals surface area (Å²) in [4.78, 5) is 26.2. The Morgan fingerprint density at radius 2 is 2.00 bits per heavy atom. The van der Waals surface area contributed by atoms with Gasteiger partial charge in [-0.15, -0.1) is 0 Å². The van der Waals surface area contributed by atoms with Gasteiger partial charge in [0.25, 0.3) is 5.56 Å². The standard InChI is InChI=1S/C23H17ClF2N8O/c1-2-10-16-13(26)6-9(25)7-15(16)34-21(30-14-5-3-4-12(24)17(14)22(34)35)18(10)31-20-11(8-27)19(28)32-23(29)33-20/h3-7,10,18H,2H2,1H3,(H5,28,29,31,32,33)/t10-,18-/m0/s1. The van der Waals surface area contributed by atoms with Crippen molar-refractivity contribution in [3.63, 3.8) is 0 Å². The maximum atomic E-state index is 15.2. The lowest BCUT2D eigenvalue weighted by Gasteiger charge is -2.36. The molecule has 0 saturated carbocycles. The molecule has 0 unspecified atom stereocenters. The third-order valence-electron chi connectivity index (χ3n) is 6.04. The van der Waals surface area contributed by atoms with Gasteiger partial charge in [-0.05, 0) is 24.6 Å². The molecule has 4 aromatic rings. The van der Waals surface area contributed by atoms with E-state index in [9.17, 15) is 14.4 Å². The van der Waals surface area contributed by atoms with E-state index in [1.54, 1.807) is 12.1 Å². The molecule has 3 heterocycles. The molecule has 5 rings (SSSR count). The molecule has 2 atom stereocenters. The zero-order valence-corrected chi connectivity index (χ0v) is 18.9. The second-order valence-electron chi connectivity index (χ2n) is 8.00. The highest BCUT2D eigenvalue weighted by Crippen LogP contribution is 2.44. The summed E-state index contributed by atoms with van der Waals surface area (Å²) in [5.74, 6) is -2.46. The molecular weight excluding hydrogens is 478 g/mol. The van der Waals surface area contributed by atoms with E-state index in [2.05, 4.69) is 20.3 Å². The summed E-state index contributed by atoms with van der Waals surface area (Å²) in [7, 11) is 0. The van der Waals surface area contributed by atoms with Gasteiger partial charge >= 0.3 is 0 Å². The van der Waals surface area contributed by atoms with Gasteiger partial charge in [0.2, 0.25) is 5.95 Å². The number of benzene rings is 2. The Labute approximate surface area is 202 Å². The van der Waals surface area contributed by atoms with Crippen molar-refractivity contribution in [3.05, 3.63) is 74.3 Å². The van der Waals surface area contributed by atoms with Crippen LogP contribution in [0.3, 0.4) is 0 Å². The maximum Gasteiger partial charge on any atom is 0.267 e. The second kappa shape index (κ2) is 8.18. The molecular formula is C23H17ClF2N8O. The van der Waals surface area contributed by atoms with Crippen LogP contribution in [0.25, 0.3) is 16.6 Å². The van der Waals surface area contributed by atoms with Crippen LogP contribution in [0.15, 0.2) is 35.1 Å². The van der Waals surface area contributed by atoms with Crippen LogP contribution in [0.4, 0.5) is 26.4 Å². The molecule has 0 radical (unpaired) electrons. The van der Waals surface area contributed by atoms with Gasteiger partial charge in [0, 0.05) is 17.5 Å². The van der Waals surface area contributed by atoms with Crippen molar-refractivity contribution in [1.29, 1.82) is 5.26 Å². The van der Waals surface area contributed by atoms with E-state index in [1.165, 1.54) is 6.07 Å². The fourth-order valence-corrected chi connectivity index (χ4v) is 4.83. The summed E-state index contributed by atoms with van der Waals surface area (Å²) in [6, 6.07) is 7.70. The number of rotatable bonds is 3. The molecule has 2 aromatic carbocycles. The minimum absolute atomic E-state index is 0.00101. The third kappa shape index (κ3) is 3.41. The van der Waals surface area contributed by atoms with E-state index < -0.39 is 29.2 Å². The Hall–Kier alpha value is -4.30. The van der Waals surface area contributed by atoms with Gasteiger partial charge in [-0.3, -0.25) is 9.36 Å². The summed E-state index contributed by atoms with van der Waals surface area (Å²) in [6.07, 6.45) is 0.370. The lowest BCUT2D eigenvalue weighted by Crippen LogP contribution is -2.37. The van der Waals surface area contributed by atoms with Gasteiger partial charge < -0.3 is 16.8 Å². The van der Waals surface area contributed by atoms with Crippen molar-refractivity contribution in [3.8, 4) is 11.8 Å². The first-order valence-corrected chi connectivity index (χ1v) is 10.9. The van der Waals surface area contributed by atoms with Crippen LogP contribution in [0.5, 0.6) is 0 Å². The molecule has 0 saturated heterocycles. The topological polar surface area (TPSA) is 149 Å². The van der Waals surface area contributed by atoms with Gasteiger partial charge in [-0.1, -0.05) is 24.6 Å². The first-order chi connectivity index (χ1) is 16.7. The van der Waals surface area contributed by atoms with E-state index in [0.717, 1.165) is 16.7 Å². The summed E-state index contributed by atoms with van der Waals surface area (Å²) >= 11 is 6.29. The minimum Gasteiger partial charge on any atom is -0.382 e. The van der Waals surface area contributed by atoms with Crippen LogP contribution in [-0.4, -0.2) is 19.5 Å². The van der Waals surface area contributed by atoms with E-state index in [0.29, 0.717) is 11.9 Å². The summed E-state index contributed by atoms with van der Waals surface area (Å²) in [6.45, 7) is 1.81. The predicted molar refractivity (Wildman–Crippen MR) is 127 cm³/mol. The van der Waals surface area contributed by atoms with Crippen molar-refractivity contribution < 1.29 is 8.78 Å². The number of aromatic nitrogens is 4. The Morgan fingerprint density at radius 1 is 1.23 bits per heavy atom. The van der Waals surface area contributed by atoms with Crippen LogP contribution < -0.4 is 22.3 Å². The smallest absolute Gasteiger partial charge is 0.267 e. The average Bonchev–Trinajstić information content (AvgIpc) is 2.79. The summed E-state index contributed by atoms with van der Waals surface area (Å²) < 4.78 is 30.7. The molecule has 0 bridgehead atoms. The van der Waals surface area contributed by atoms with E-state index in [1.807, 2.05) is 13.0 Å². The number of nitrogen functional groups attached to an aromatic ring is 2. The van der Waals surface area contributed by atoms with Crippen LogP contribution in [0, 0.1) is 23.0 Å². The van der Waals surface area contributed by atoms with Crippen LogP contribution in [0.2, 0.25) is 5.02 Å². The summed E-state index contributed by atoms with van der Waals surface area (Å²) in [5.41, 5.74) is 11.4. The SMILES string of the molecule is CC[C@H]1c2c(F)cc(F)cc2-n2c(nc3cccc(Cl)c3c2=O)[C@H]1Nc1nc(N)nc(N)c1C#N. The number of hydrogen-bond acceptors (Lipinski definition) is 8. The fourth-order valence-electron chi connectivity index (χ4n) is 4.58. The molecule has 35 heavy (non-hydrogen) atoms. The molecule has 0 amide bonds. The highest BCUT2D eigenvalue weighted by molar-refractivity contribution is 6.35. The van der Waals surface area contributed by atoms with E-state index in [4.69, 9.17) is 23.1 Å². The van der Waals surface area contributed by atoms with Crippen molar-refractivity contribution in [2.45, 2.75) is 25.3 Å². The highest BCUT2D eigenvalue weighted by Gasteiger charge is 2.39. The molecule has 12 heteroatoms. The van der Waals surface area contributed by atoms with Gasteiger partial charge in [-0.2, -0.15) is 15.2 Å². The average molecular weight is 495 g/mol. The van der Waals surface area contributed by atoms with Crippen molar-refractivity contribution in [2.24, 2.45) is 0 Å². The lowest BCUT2D eigenvalue weighted by atomic mass is 9.83. The molecule has 0 spiro atoms. The van der Waals surface area contributed by atoms with Crippen molar-refractivity contribution in [2.75, 3.05) is 16.8 Å². The van der Waals surface area contributed by atoms with Gasteiger partial charge in [0.15, 0.2) is 5.82 Å². The number of fused-ring (bicyclic) bond motifs is 4. The molecule has 1 aliphatic rings. The third-order valence-corrected chi connectivity index (χ3v) is 6.35. The number of nitrogens with zero attached hydrogens (tertiary/aromatic N) is 5. The Morgan fingerprint density at radius 3 is 2.71 bits per heavy atom. The fraction of sp³-hybridized carbons (Fsp3) is 0.174. The first kappa shape index (κ1) is 22.5. The normalized spacial score (nSPS) is 16.4. The first-order valence-electron chi connectivity index (χ1n) is 10.5. The number of nitrogens with one attached hydrogen (secondary N) is 1. The monoisotopic (exact) mass is 494 g/mol. The predicted octanol–water partition coefficient (Wildman–Crippen LogP) is 3.80. The number of nitriles is 1. The van der Waals surface area contributed by atoms with E-state index in [-0.39, 0.29) is 50.6 Å². The zero-order chi connectivity index (χ0) is 25.0. The molecule has 176 valence electrons. The minimum atomic E-state index is -0.871. The summed E-state index contributed by atoms with van der Waals surface area (Å²) in [5, 5.41) is 12.9. The largest absolute Gasteiger partial charge is 0.382 e. The molecule has 5 N–H and O–H groups in total. The van der Waals surface area contributed by atoms with Gasteiger partial charge in [0.1, 0.15) is 34.9 Å². The lowest BCUT2D eigenvalue weighted by molar-refractivity contribution is 0.469. The molecule has 9 nitrogen and oxygen atoms in total. The van der Waals surface area contributed by atoms with Crippen LogP contribution >= 0.6 is 11.6 Å². The van der Waals surface area contributed by atoms with Gasteiger partial charge in [-0.25, -0.2) is 13.8 Å². The second-order valence-corrected chi connectivity index (χ2v) is 8.41. The zero-order valence-electron chi connectivity index (χ0n) is 18.2. The van der Waals surface area contributed by atoms with Crippen molar-refractivity contribution in [1.82, 2.24) is 19.5 Å². The molecule has 0 aliphatic carbocycles. The maximum absolute atomic E-state index is 15.2. The quantitative estimate of drug-likeness (QED) is 0.389. The van der Waals surface area contributed by atoms with Gasteiger partial charge in [0.05, 0.1) is 27.7 Å². The van der Waals surface area contributed by atoms with Crippen molar-refractivity contribution >= 4 is 40.1 Å². The number of halogens is 3. The highest BCUT2D eigenvalue weighted by atomic mass is 35.5. The number of nitrogens with two attached hydrogens (primary N) is 2. The Kier molecular flexibility index (Phi) is 5.25. The molecule has 0 fully saturated rings. The van der Waals surface area contributed by atoms with Crippen LogP contribution in [0.1, 0.15) is 42.3 Å². The molecule has 1 aliphatic heterocycles. The van der Waals surface area contributed by atoms with Crippen LogP contribution in [-0.2, 0) is 0 Å². The number of hydrogen-bond donors (Lipinski definition) is 3. The Bertz CT molecular complexity index is 1630. The Balaban J connectivity index is 1.86.